The van der Waals surface area contributed by atoms with Gasteiger partial charge in [-0.05, 0) is 79.1 Å². The van der Waals surface area contributed by atoms with Gasteiger partial charge in [-0.2, -0.15) is 13.2 Å². The number of carboxylic acid groups (broad SMARTS) is 1. The number of aromatic nitrogens is 1. The Bertz CT molecular complexity index is 1650. The average molecular weight is 587 g/mol. The summed E-state index contributed by atoms with van der Waals surface area (Å²) in [4.78, 5) is 28.8. The monoisotopic (exact) mass is 586 g/mol. The van der Waals surface area contributed by atoms with Gasteiger partial charge in [0.05, 0.1) is 17.0 Å². The number of carbonyl (C=O) groups excluding carboxylic acids is 1. The second-order valence-electron chi connectivity index (χ2n) is 10.9. The van der Waals surface area contributed by atoms with Gasteiger partial charge in [-0.1, -0.05) is 17.8 Å². The molecule has 2 aliphatic carbocycles. The van der Waals surface area contributed by atoms with E-state index in [4.69, 9.17) is 0 Å². The molecule has 5 nitrogen and oxygen atoms in total. The van der Waals surface area contributed by atoms with Crippen molar-refractivity contribution in [1.29, 1.82) is 0 Å². The minimum atomic E-state index is -4.47. The summed E-state index contributed by atoms with van der Waals surface area (Å²) in [6.45, 7) is 0. The topological polar surface area (TPSA) is 82.2 Å². The van der Waals surface area contributed by atoms with Crippen LogP contribution in [0.3, 0.4) is 0 Å². The van der Waals surface area contributed by atoms with E-state index in [9.17, 15) is 36.6 Å². The van der Waals surface area contributed by atoms with Crippen molar-refractivity contribution in [1.82, 2.24) is 10.3 Å². The van der Waals surface area contributed by atoms with Gasteiger partial charge >= 0.3 is 12.1 Å². The highest BCUT2D eigenvalue weighted by molar-refractivity contribution is 7.99. The number of aromatic amines is 1. The summed E-state index contributed by atoms with van der Waals surface area (Å²) in [5, 5.41) is 12.7. The largest absolute Gasteiger partial charge is 0.481 e. The predicted molar refractivity (Wildman–Crippen MR) is 142 cm³/mol. The lowest BCUT2D eigenvalue weighted by atomic mass is 9.50. The first kappa shape index (κ1) is 27.3. The van der Waals surface area contributed by atoms with E-state index < -0.39 is 29.3 Å². The van der Waals surface area contributed by atoms with E-state index in [1.807, 2.05) is 0 Å². The first-order valence-corrected chi connectivity index (χ1v) is 13.7. The number of alkyl halides is 3. The summed E-state index contributed by atoms with van der Waals surface area (Å²) in [5.41, 5.74) is 0.631. The molecule has 0 unspecified atom stereocenters. The molecule has 0 bridgehead atoms. The molecule has 6 rings (SSSR count). The number of fused-ring (bicyclic) bond motifs is 1. The van der Waals surface area contributed by atoms with Crippen molar-refractivity contribution < 1.29 is 36.6 Å². The molecule has 2 aliphatic rings. The zero-order valence-electron chi connectivity index (χ0n) is 21.3. The third-order valence-corrected chi connectivity index (χ3v) is 9.08. The van der Waals surface area contributed by atoms with E-state index in [2.05, 4.69) is 10.3 Å². The standard InChI is InChI=1S/C30H23F5N2O3S/c31-18-7-15(8-19(32)9-18)22-5-6-23(27(38)37-20-12-29(13-20)10-16(11-29)28(39)40)25-24(14-36-26(22)25)41-21-3-1-17(2-4-21)30(33,34)35/h1-9,14,16,20,36H,10-13H2,(H,37,38)(H,39,40). The molecule has 41 heavy (non-hydrogen) atoms. The number of nitrogens with one attached hydrogen (secondary N) is 2. The fraction of sp³-hybridized carbons (Fsp3) is 0.267. The number of hydrogen-bond donors (Lipinski definition) is 3. The normalized spacial score (nSPS) is 21.9. The van der Waals surface area contributed by atoms with E-state index in [1.54, 1.807) is 18.3 Å². The summed E-state index contributed by atoms with van der Waals surface area (Å²) in [6, 6.07) is 10.8. The SMILES string of the molecule is O=C(NC1CC2(C1)CC(C(=O)O)C2)c1ccc(-c2cc(F)cc(F)c2)c2[nH]cc(Sc3ccc(C(F)(F)F)cc3)c12. The number of halogens is 5. The van der Waals surface area contributed by atoms with Crippen molar-refractivity contribution in [2.75, 3.05) is 0 Å². The maximum Gasteiger partial charge on any atom is 0.416 e. The van der Waals surface area contributed by atoms with Gasteiger partial charge in [0.2, 0.25) is 0 Å². The quantitative estimate of drug-likeness (QED) is 0.203. The lowest BCUT2D eigenvalue weighted by Gasteiger charge is -2.56. The number of carbonyl (C=O) groups is 2. The fourth-order valence-electron chi connectivity index (χ4n) is 6.12. The molecule has 0 aliphatic heterocycles. The Morgan fingerprint density at radius 1 is 0.951 bits per heavy atom. The molecule has 1 heterocycles. The van der Waals surface area contributed by atoms with E-state index in [1.165, 1.54) is 24.3 Å². The minimum Gasteiger partial charge on any atom is -0.481 e. The first-order valence-electron chi connectivity index (χ1n) is 12.9. The van der Waals surface area contributed by atoms with Crippen LogP contribution in [0.1, 0.15) is 41.6 Å². The van der Waals surface area contributed by atoms with Gasteiger partial charge in [0.25, 0.3) is 5.91 Å². The van der Waals surface area contributed by atoms with Crippen LogP contribution in [-0.4, -0.2) is 28.0 Å². The molecule has 3 aromatic carbocycles. The maximum absolute atomic E-state index is 14.1. The number of carboxylic acids is 1. The Hall–Kier alpha value is -3.86. The Morgan fingerprint density at radius 2 is 1.61 bits per heavy atom. The molecule has 0 atom stereocenters. The Labute approximate surface area is 235 Å². The summed E-state index contributed by atoms with van der Waals surface area (Å²) in [7, 11) is 0. The lowest BCUT2D eigenvalue weighted by molar-refractivity contribution is -0.155. The molecule has 2 fully saturated rings. The number of amides is 1. The number of hydrogen-bond acceptors (Lipinski definition) is 3. The van der Waals surface area contributed by atoms with Crippen LogP contribution in [0.15, 0.2) is 70.6 Å². The lowest BCUT2D eigenvalue weighted by Crippen LogP contribution is -2.57. The van der Waals surface area contributed by atoms with Crippen LogP contribution in [0, 0.1) is 23.0 Å². The van der Waals surface area contributed by atoms with Gasteiger partial charge in [0.15, 0.2) is 0 Å². The fourth-order valence-corrected chi connectivity index (χ4v) is 7.08. The summed E-state index contributed by atoms with van der Waals surface area (Å²) in [5.74, 6) is -3.03. The Morgan fingerprint density at radius 3 is 2.22 bits per heavy atom. The highest BCUT2D eigenvalue weighted by Crippen LogP contribution is 2.58. The summed E-state index contributed by atoms with van der Waals surface area (Å²) in [6.07, 6.45) is -0.285. The van der Waals surface area contributed by atoms with Crippen LogP contribution in [0.25, 0.3) is 22.0 Å². The predicted octanol–water partition coefficient (Wildman–Crippen LogP) is 7.66. The highest BCUT2D eigenvalue weighted by atomic mass is 32.2. The molecular formula is C30H23F5N2O3S. The van der Waals surface area contributed by atoms with E-state index in [0.717, 1.165) is 30.0 Å². The maximum atomic E-state index is 14.1. The van der Waals surface area contributed by atoms with Crippen molar-refractivity contribution >= 4 is 34.5 Å². The average Bonchev–Trinajstić information content (AvgIpc) is 3.26. The molecule has 1 spiro atoms. The van der Waals surface area contributed by atoms with Crippen LogP contribution in [-0.2, 0) is 11.0 Å². The van der Waals surface area contributed by atoms with Crippen molar-refractivity contribution in [3.8, 4) is 11.1 Å². The summed E-state index contributed by atoms with van der Waals surface area (Å²) < 4.78 is 67.2. The van der Waals surface area contributed by atoms with Crippen LogP contribution in [0.5, 0.6) is 0 Å². The van der Waals surface area contributed by atoms with Gasteiger partial charge < -0.3 is 15.4 Å². The van der Waals surface area contributed by atoms with E-state index in [-0.39, 0.29) is 28.8 Å². The molecule has 1 aromatic heterocycles. The Balaban J connectivity index is 1.32. The van der Waals surface area contributed by atoms with Crippen molar-refractivity contribution in [2.24, 2.45) is 11.3 Å². The third-order valence-electron chi connectivity index (χ3n) is 8.03. The number of benzene rings is 3. The van der Waals surface area contributed by atoms with Crippen LogP contribution in [0.4, 0.5) is 22.0 Å². The minimum absolute atomic E-state index is 0.0423. The number of aliphatic carboxylic acids is 1. The van der Waals surface area contributed by atoms with Crippen LogP contribution in [0.2, 0.25) is 0 Å². The molecule has 4 aromatic rings. The smallest absolute Gasteiger partial charge is 0.416 e. The molecule has 1 amide bonds. The van der Waals surface area contributed by atoms with Crippen molar-refractivity contribution in [3.63, 3.8) is 0 Å². The van der Waals surface area contributed by atoms with Crippen molar-refractivity contribution in [3.05, 3.63) is 83.6 Å². The third kappa shape index (κ3) is 5.18. The van der Waals surface area contributed by atoms with Crippen LogP contribution >= 0.6 is 11.8 Å². The number of H-pyrrole nitrogens is 1. The number of rotatable bonds is 6. The second kappa shape index (κ2) is 9.90. The first-order chi connectivity index (χ1) is 19.4. The Kier molecular flexibility index (Phi) is 6.60. The molecule has 3 N–H and O–H groups in total. The van der Waals surface area contributed by atoms with E-state index in [0.29, 0.717) is 57.5 Å². The highest BCUT2D eigenvalue weighted by Gasteiger charge is 2.55. The molecule has 11 heteroatoms. The van der Waals surface area contributed by atoms with Gasteiger partial charge in [-0.15, -0.1) is 0 Å². The molecule has 0 saturated heterocycles. The zero-order chi connectivity index (χ0) is 29.1. The summed E-state index contributed by atoms with van der Waals surface area (Å²) >= 11 is 1.16. The molecule has 2 saturated carbocycles. The zero-order valence-corrected chi connectivity index (χ0v) is 22.1. The van der Waals surface area contributed by atoms with Gasteiger partial charge in [0, 0.05) is 44.6 Å². The molecule has 212 valence electrons. The molecule has 0 radical (unpaired) electrons. The van der Waals surface area contributed by atoms with E-state index >= 15 is 0 Å². The van der Waals surface area contributed by atoms with Gasteiger partial charge in [-0.25, -0.2) is 8.78 Å². The molecular weight excluding hydrogens is 563 g/mol. The van der Waals surface area contributed by atoms with Gasteiger partial charge in [-0.3, -0.25) is 9.59 Å². The van der Waals surface area contributed by atoms with Gasteiger partial charge in [0.1, 0.15) is 11.6 Å². The second-order valence-corrected chi connectivity index (χ2v) is 12.0. The van der Waals surface area contributed by atoms with Crippen LogP contribution < -0.4 is 5.32 Å². The van der Waals surface area contributed by atoms with Crippen molar-refractivity contribution in [2.45, 2.75) is 47.7 Å².